The first kappa shape index (κ1) is 16.2. The second kappa shape index (κ2) is 6.05. The Bertz CT molecular complexity index is 353. The Kier molecular flexibility index (Phi) is 5.15. The number of β-lactam (4-membered cyclic amide) rings is 1. The molecule has 19 heavy (non-hydrogen) atoms. The fraction of sp³-hybridized carbons (Fsp3) is 0.846. The molecule has 1 fully saturated rings. The van der Waals surface area contributed by atoms with Crippen LogP contribution in [0.4, 0.5) is 0 Å². The molecule has 0 bridgehead atoms. The lowest BCUT2D eigenvalue weighted by atomic mass is 9.96. The van der Waals surface area contributed by atoms with Gasteiger partial charge in [-0.05, 0) is 24.9 Å². The second-order valence-corrected chi connectivity index (χ2v) is 8.34. The molecule has 0 N–H and O–H groups in total. The molecule has 5 nitrogen and oxygen atoms in total. The molecule has 1 heterocycles. The molecular formula is C13H24NO4Si. The first-order valence-corrected chi connectivity index (χ1v) is 8.70. The van der Waals surface area contributed by atoms with Gasteiger partial charge in [0.25, 0.3) is 5.91 Å². The van der Waals surface area contributed by atoms with Crippen molar-refractivity contribution in [2.75, 3.05) is 6.54 Å². The summed E-state index contributed by atoms with van der Waals surface area (Å²) >= 11 is 0. The van der Waals surface area contributed by atoms with E-state index in [4.69, 9.17) is 9.26 Å². The molecule has 0 aromatic heterocycles. The fourth-order valence-corrected chi connectivity index (χ4v) is 4.57. The number of carbonyl (C=O) groups excluding carboxylic acids is 2. The van der Waals surface area contributed by atoms with E-state index in [1.54, 1.807) is 0 Å². The molecule has 2 atom stereocenters. The van der Waals surface area contributed by atoms with Crippen LogP contribution in [0.2, 0.25) is 12.6 Å². The molecule has 1 radical (unpaired) electrons. The minimum atomic E-state index is -0.908. The third kappa shape index (κ3) is 4.95. The van der Waals surface area contributed by atoms with E-state index in [1.807, 2.05) is 6.92 Å². The highest BCUT2D eigenvalue weighted by molar-refractivity contribution is 6.50. The summed E-state index contributed by atoms with van der Waals surface area (Å²) in [7, 11) is -0.908. The van der Waals surface area contributed by atoms with E-state index in [0.29, 0.717) is 6.54 Å². The molecule has 6 heteroatoms. The number of hydroxylamine groups is 2. The average molecular weight is 286 g/mol. The summed E-state index contributed by atoms with van der Waals surface area (Å²) in [5.74, 6) is -0.805. The number of rotatable bonds is 5. The number of amides is 1. The molecule has 0 aromatic carbocycles. The monoisotopic (exact) mass is 286 g/mol. The van der Waals surface area contributed by atoms with Crippen molar-refractivity contribution in [1.29, 1.82) is 0 Å². The van der Waals surface area contributed by atoms with Crippen LogP contribution in [0.25, 0.3) is 0 Å². The van der Waals surface area contributed by atoms with Gasteiger partial charge in [0.1, 0.15) is 0 Å². The standard InChI is InChI=1S/C13H24NO4Si/c1-9(18-19(6)8-13(3,4)5)11-7-14(12(11)16)17-10(2)15/h9,11H,7-8H2,1-6H3/t9-,11?/m1/s1. The number of hydrogen-bond donors (Lipinski definition) is 0. The first-order chi connectivity index (χ1) is 8.60. The summed E-state index contributed by atoms with van der Waals surface area (Å²) < 4.78 is 5.97. The Balaban J connectivity index is 2.38. The highest BCUT2D eigenvalue weighted by atomic mass is 28.3. The van der Waals surface area contributed by atoms with E-state index >= 15 is 0 Å². The molecule has 0 saturated carbocycles. The van der Waals surface area contributed by atoms with Gasteiger partial charge in [-0.1, -0.05) is 20.8 Å². The predicted octanol–water partition coefficient (Wildman–Crippen LogP) is 2.00. The zero-order valence-corrected chi connectivity index (χ0v) is 13.6. The van der Waals surface area contributed by atoms with E-state index in [-0.39, 0.29) is 23.3 Å². The zero-order chi connectivity index (χ0) is 14.8. The number of carbonyl (C=O) groups is 2. The van der Waals surface area contributed by atoms with Crippen LogP contribution in [0.1, 0.15) is 34.6 Å². The molecule has 1 aliphatic rings. The lowest BCUT2D eigenvalue weighted by molar-refractivity contribution is -0.224. The SMILES string of the molecule is CC(=O)ON1CC([C@@H](C)O[Si](C)CC(C)(C)C)C1=O. The summed E-state index contributed by atoms with van der Waals surface area (Å²) in [4.78, 5) is 27.3. The largest absolute Gasteiger partial charge is 0.413 e. The predicted molar refractivity (Wildman–Crippen MR) is 73.4 cm³/mol. The quantitative estimate of drug-likeness (QED) is 0.573. The van der Waals surface area contributed by atoms with Crippen molar-refractivity contribution in [2.24, 2.45) is 11.3 Å². The molecule has 0 aromatic rings. The lowest BCUT2D eigenvalue weighted by Gasteiger charge is -2.39. The van der Waals surface area contributed by atoms with Crippen molar-refractivity contribution in [1.82, 2.24) is 5.06 Å². The van der Waals surface area contributed by atoms with Crippen molar-refractivity contribution in [3.05, 3.63) is 0 Å². The molecule has 1 unspecified atom stereocenters. The maximum absolute atomic E-state index is 11.8. The van der Waals surface area contributed by atoms with E-state index in [1.165, 1.54) is 6.92 Å². The van der Waals surface area contributed by atoms with Crippen LogP contribution >= 0.6 is 0 Å². The zero-order valence-electron chi connectivity index (χ0n) is 12.6. The van der Waals surface area contributed by atoms with Gasteiger partial charge >= 0.3 is 5.97 Å². The van der Waals surface area contributed by atoms with Crippen molar-refractivity contribution in [3.63, 3.8) is 0 Å². The van der Waals surface area contributed by atoms with Crippen LogP contribution in [0.3, 0.4) is 0 Å². The summed E-state index contributed by atoms with van der Waals surface area (Å²) in [6.07, 6.45) is -0.111. The highest BCUT2D eigenvalue weighted by Gasteiger charge is 2.43. The Morgan fingerprint density at radius 3 is 2.53 bits per heavy atom. The summed E-state index contributed by atoms with van der Waals surface area (Å²) in [6.45, 7) is 12.3. The molecule has 1 amide bonds. The van der Waals surface area contributed by atoms with Gasteiger partial charge in [0.2, 0.25) is 9.04 Å². The molecule has 1 saturated heterocycles. The van der Waals surface area contributed by atoms with Gasteiger partial charge in [-0.15, -0.1) is 0 Å². The van der Waals surface area contributed by atoms with Crippen LogP contribution in [0, 0.1) is 11.3 Å². The molecular weight excluding hydrogens is 262 g/mol. The van der Waals surface area contributed by atoms with Crippen LogP contribution in [0.15, 0.2) is 0 Å². The molecule has 109 valence electrons. The van der Waals surface area contributed by atoms with Crippen molar-refractivity contribution in [2.45, 2.75) is 53.3 Å². The Morgan fingerprint density at radius 2 is 2.11 bits per heavy atom. The van der Waals surface area contributed by atoms with Gasteiger partial charge in [-0.2, -0.15) is 5.06 Å². The van der Waals surface area contributed by atoms with Gasteiger partial charge in [0.15, 0.2) is 0 Å². The summed E-state index contributed by atoms with van der Waals surface area (Å²) in [6, 6.07) is 1.04. The Labute approximate surface area is 116 Å². The molecule has 1 rings (SSSR count). The van der Waals surface area contributed by atoms with Crippen LogP contribution in [-0.4, -0.2) is 38.6 Å². The number of hydrogen-bond acceptors (Lipinski definition) is 4. The minimum Gasteiger partial charge on any atom is -0.413 e. The maximum atomic E-state index is 11.8. The van der Waals surface area contributed by atoms with Crippen molar-refractivity contribution in [3.8, 4) is 0 Å². The third-order valence-electron chi connectivity index (χ3n) is 2.90. The fourth-order valence-electron chi connectivity index (χ4n) is 2.19. The highest BCUT2D eigenvalue weighted by Crippen LogP contribution is 2.27. The summed E-state index contributed by atoms with van der Waals surface area (Å²) in [5, 5.41) is 1.11. The molecule has 0 aliphatic carbocycles. The van der Waals surface area contributed by atoms with E-state index in [2.05, 4.69) is 27.3 Å². The Hall–Kier alpha value is -0.883. The van der Waals surface area contributed by atoms with Crippen LogP contribution in [0.5, 0.6) is 0 Å². The van der Waals surface area contributed by atoms with Crippen LogP contribution in [-0.2, 0) is 18.9 Å². The smallest absolute Gasteiger partial charge is 0.329 e. The minimum absolute atomic E-state index is 0.111. The normalized spacial score (nSPS) is 21.3. The molecule has 0 spiro atoms. The van der Waals surface area contributed by atoms with Gasteiger partial charge in [-0.3, -0.25) is 9.59 Å². The third-order valence-corrected chi connectivity index (χ3v) is 5.23. The van der Waals surface area contributed by atoms with Gasteiger partial charge in [0, 0.05) is 6.92 Å². The van der Waals surface area contributed by atoms with Gasteiger partial charge in [0.05, 0.1) is 18.6 Å². The topological polar surface area (TPSA) is 55.8 Å². The summed E-state index contributed by atoms with van der Waals surface area (Å²) in [5.41, 5.74) is 0.246. The van der Waals surface area contributed by atoms with Crippen LogP contribution < -0.4 is 0 Å². The van der Waals surface area contributed by atoms with Crippen molar-refractivity contribution < 1.29 is 18.9 Å². The van der Waals surface area contributed by atoms with E-state index < -0.39 is 15.0 Å². The van der Waals surface area contributed by atoms with Crippen molar-refractivity contribution >= 4 is 20.9 Å². The maximum Gasteiger partial charge on any atom is 0.329 e. The van der Waals surface area contributed by atoms with E-state index in [0.717, 1.165) is 11.1 Å². The first-order valence-electron chi connectivity index (χ1n) is 6.59. The number of nitrogens with zero attached hydrogens (tertiary/aromatic N) is 1. The Morgan fingerprint density at radius 1 is 1.53 bits per heavy atom. The van der Waals surface area contributed by atoms with E-state index in [9.17, 15) is 9.59 Å². The lowest BCUT2D eigenvalue weighted by Crippen LogP contribution is -2.57. The average Bonchev–Trinajstić information content (AvgIpc) is 2.19. The van der Waals surface area contributed by atoms with Gasteiger partial charge in [-0.25, -0.2) is 0 Å². The second-order valence-electron chi connectivity index (χ2n) is 6.35. The molecule has 1 aliphatic heterocycles. The van der Waals surface area contributed by atoms with Gasteiger partial charge < -0.3 is 9.26 Å².